The number of ether oxygens (including phenoxy) is 1. The molecular weight excluding hydrogens is 642 g/mol. The summed E-state index contributed by atoms with van der Waals surface area (Å²) in [6.45, 7) is 0. The molecular formula is C43H40O2P2S. The highest BCUT2D eigenvalue weighted by molar-refractivity contribution is 7.98. The van der Waals surface area contributed by atoms with Crippen molar-refractivity contribution in [3.8, 4) is 11.5 Å². The average Bonchev–Trinajstić information content (AvgIpc) is 3.14. The first-order valence-corrected chi connectivity index (χ1v) is 20.7. The van der Waals surface area contributed by atoms with Crippen molar-refractivity contribution in [1.82, 2.24) is 0 Å². The first-order chi connectivity index (χ1) is 23.7. The minimum Gasteiger partial charge on any atom is -0.507 e. The highest BCUT2D eigenvalue weighted by Gasteiger charge is 2.33. The molecule has 1 heterocycles. The summed E-state index contributed by atoms with van der Waals surface area (Å²) >= 11 is 1.89. The Morgan fingerprint density at radius 3 is 1.60 bits per heavy atom. The molecule has 2 nitrogen and oxygen atoms in total. The fourth-order valence-corrected chi connectivity index (χ4v) is 12.4. The standard InChI is InChI=1S/C43H40O2P2S/c1-48-31-34-30-33-17-15-27-41(47(37-22-10-4-11-23-37)38-24-12-5-13-25-38)43(33)45-39(34)29-28-32-16-14-26-40(42(32)44)46(35-18-6-2-7-19-35)36-20-8-3-9-21-36/h2-27,34,39,44H,28-31H2,1H3. The van der Waals surface area contributed by atoms with E-state index in [0.29, 0.717) is 11.7 Å². The quantitative estimate of drug-likeness (QED) is 0.141. The number of fused-ring (bicyclic) bond motifs is 1. The maximum absolute atomic E-state index is 11.9. The van der Waals surface area contributed by atoms with Crippen molar-refractivity contribution in [2.24, 2.45) is 5.92 Å². The van der Waals surface area contributed by atoms with E-state index in [9.17, 15) is 5.11 Å². The largest absolute Gasteiger partial charge is 0.507 e. The third-order valence-electron chi connectivity index (χ3n) is 9.07. The molecule has 1 N–H and O–H groups in total. The van der Waals surface area contributed by atoms with E-state index in [1.165, 1.54) is 32.1 Å². The number of hydrogen-bond acceptors (Lipinski definition) is 3. The Hall–Kier alpha value is -3.87. The molecule has 5 heteroatoms. The van der Waals surface area contributed by atoms with Gasteiger partial charge in [-0.2, -0.15) is 11.8 Å². The maximum Gasteiger partial charge on any atom is 0.131 e. The van der Waals surface area contributed by atoms with Gasteiger partial charge in [0.05, 0.1) is 0 Å². The van der Waals surface area contributed by atoms with Crippen molar-refractivity contribution in [2.75, 3.05) is 12.0 Å². The number of phenolic OH excluding ortho intramolecular Hbond substituents is 1. The highest BCUT2D eigenvalue weighted by atomic mass is 32.2. The van der Waals surface area contributed by atoms with E-state index in [1.807, 2.05) is 11.8 Å². The van der Waals surface area contributed by atoms with Crippen molar-refractivity contribution < 1.29 is 9.84 Å². The molecule has 0 radical (unpaired) electrons. The Morgan fingerprint density at radius 2 is 1.08 bits per heavy atom. The lowest BCUT2D eigenvalue weighted by Gasteiger charge is -2.36. The molecule has 0 aromatic heterocycles. The molecule has 2 atom stereocenters. The van der Waals surface area contributed by atoms with Crippen LogP contribution in [0.25, 0.3) is 0 Å². The second kappa shape index (κ2) is 15.6. The Balaban J connectivity index is 1.21. The van der Waals surface area contributed by atoms with Crippen molar-refractivity contribution in [3.05, 3.63) is 169 Å². The van der Waals surface area contributed by atoms with Gasteiger partial charge in [0.15, 0.2) is 0 Å². The molecule has 240 valence electrons. The van der Waals surface area contributed by atoms with Gasteiger partial charge >= 0.3 is 0 Å². The second-order valence-corrected chi connectivity index (χ2v) is 17.5. The Labute approximate surface area is 291 Å². The summed E-state index contributed by atoms with van der Waals surface area (Å²) in [6.07, 6.45) is 4.85. The van der Waals surface area contributed by atoms with Crippen molar-refractivity contribution >= 4 is 59.4 Å². The lowest BCUT2D eigenvalue weighted by Crippen LogP contribution is -2.37. The molecule has 6 aromatic rings. The molecule has 1 aliphatic rings. The van der Waals surface area contributed by atoms with Crippen molar-refractivity contribution in [3.63, 3.8) is 0 Å². The fraction of sp³-hybridized carbons (Fsp3) is 0.163. The summed E-state index contributed by atoms with van der Waals surface area (Å²) in [5, 5.41) is 19.3. The van der Waals surface area contributed by atoms with Gasteiger partial charge in [0.25, 0.3) is 0 Å². The number of thioether (sulfide) groups is 1. The third kappa shape index (κ3) is 7.11. The molecule has 6 aromatic carbocycles. The van der Waals surface area contributed by atoms with Gasteiger partial charge in [0.2, 0.25) is 0 Å². The van der Waals surface area contributed by atoms with E-state index in [2.05, 4.69) is 164 Å². The normalized spacial score (nSPS) is 15.6. The van der Waals surface area contributed by atoms with Gasteiger partial charge in [0, 0.05) is 16.5 Å². The molecule has 2 unspecified atom stereocenters. The van der Waals surface area contributed by atoms with Gasteiger partial charge in [-0.15, -0.1) is 0 Å². The van der Waals surface area contributed by atoms with E-state index < -0.39 is 15.8 Å². The van der Waals surface area contributed by atoms with Crippen molar-refractivity contribution in [1.29, 1.82) is 0 Å². The van der Waals surface area contributed by atoms with Crippen LogP contribution in [0.5, 0.6) is 11.5 Å². The van der Waals surface area contributed by atoms with Crippen LogP contribution >= 0.6 is 27.6 Å². The number of aryl methyl sites for hydroxylation is 1. The number of aromatic hydroxyl groups is 1. The van der Waals surface area contributed by atoms with Gasteiger partial charge < -0.3 is 9.84 Å². The van der Waals surface area contributed by atoms with E-state index in [1.54, 1.807) is 0 Å². The van der Waals surface area contributed by atoms with Crippen LogP contribution in [0.3, 0.4) is 0 Å². The van der Waals surface area contributed by atoms with Crippen LogP contribution in [0.4, 0.5) is 0 Å². The van der Waals surface area contributed by atoms with Crippen LogP contribution < -0.4 is 36.6 Å². The van der Waals surface area contributed by atoms with Gasteiger partial charge in [-0.25, -0.2) is 0 Å². The molecule has 48 heavy (non-hydrogen) atoms. The zero-order valence-corrected chi connectivity index (χ0v) is 29.8. The first kappa shape index (κ1) is 32.7. The predicted octanol–water partition coefficient (Wildman–Crippen LogP) is 7.82. The minimum absolute atomic E-state index is 0.0577. The zero-order chi connectivity index (χ0) is 32.7. The summed E-state index contributed by atoms with van der Waals surface area (Å²) in [5.74, 6) is 2.93. The van der Waals surface area contributed by atoms with E-state index in [-0.39, 0.29) is 6.10 Å². The topological polar surface area (TPSA) is 29.5 Å². The second-order valence-electron chi connectivity index (χ2n) is 12.2. The average molecular weight is 683 g/mol. The van der Waals surface area contributed by atoms with Crippen LogP contribution in [0, 0.1) is 5.92 Å². The van der Waals surface area contributed by atoms with Gasteiger partial charge in [-0.3, -0.25) is 0 Å². The minimum atomic E-state index is -0.896. The lowest BCUT2D eigenvalue weighted by molar-refractivity contribution is 0.118. The van der Waals surface area contributed by atoms with Crippen LogP contribution in [0.2, 0.25) is 0 Å². The number of para-hydroxylation sites is 2. The molecule has 0 fully saturated rings. The van der Waals surface area contributed by atoms with E-state index >= 15 is 0 Å². The molecule has 0 saturated carbocycles. The smallest absolute Gasteiger partial charge is 0.131 e. The van der Waals surface area contributed by atoms with Gasteiger partial charge in [-0.1, -0.05) is 158 Å². The maximum atomic E-state index is 11.9. The van der Waals surface area contributed by atoms with Crippen LogP contribution in [-0.2, 0) is 12.8 Å². The van der Waals surface area contributed by atoms with Crippen molar-refractivity contribution in [2.45, 2.75) is 25.4 Å². The van der Waals surface area contributed by atoms with E-state index in [4.69, 9.17) is 4.74 Å². The van der Waals surface area contributed by atoms with Crippen LogP contribution in [-0.4, -0.2) is 23.2 Å². The molecule has 0 amide bonds. The summed E-state index contributed by atoms with van der Waals surface area (Å²) < 4.78 is 7.16. The number of benzene rings is 6. The highest BCUT2D eigenvalue weighted by Crippen LogP contribution is 2.42. The summed E-state index contributed by atoms with van der Waals surface area (Å²) in [6, 6.07) is 56.1. The predicted molar refractivity (Wildman–Crippen MR) is 210 cm³/mol. The van der Waals surface area contributed by atoms with Crippen LogP contribution in [0.1, 0.15) is 17.5 Å². The lowest BCUT2D eigenvalue weighted by atomic mass is 9.88. The summed E-state index contributed by atoms with van der Waals surface area (Å²) in [4.78, 5) is 0. The molecule has 0 spiro atoms. The molecule has 7 rings (SSSR count). The van der Waals surface area contributed by atoms with Gasteiger partial charge in [-0.05, 0) is 79.5 Å². The van der Waals surface area contributed by atoms with E-state index in [0.717, 1.165) is 41.6 Å². The first-order valence-electron chi connectivity index (χ1n) is 16.6. The summed E-state index contributed by atoms with van der Waals surface area (Å²) in [7, 11) is -1.68. The Kier molecular flexibility index (Phi) is 10.6. The molecule has 1 aliphatic heterocycles. The number of rotatable bonds is 11. The van der Waals surface area contributed by atoms with Crippen LogP contribution in [0.15, 0.2) is 158 Å². The molecule has 0 saturated heterocycles. The Morgan fingerprint density at radius 1 is 0.604 bits per heavy atom. The van der Waals surface area contributed by atoms with Gasteiger partial charge in [0.1, 0.15) is 17.6 Å². The molecule has 0 aliphatic carbocycles. The summed E-state index contributed by atoms with van der Waals surface area (Å²) in [5.41, 5.74) is 2.30. The SMILES string of the molecule is CSCC1Cc2cccc(P(c3ccccc3)c3ccccc3)c2OC1CCc1cccc(P(c2ccccc2)c2ccccc2)c1O. The zero-order valence-electron chi connectivity index (χ0n) is 27.2. The molecule has 0 bridgehead atoms. The number of hydrogen-bond donors (Lipinski definition) is 1. The number of phenols is 1. The fourth-order valence-electron chi connectivity index (χ4n) is 6.80. The Bertz CT molecular complexity index is 1840. The third-order valence-corrected chi connectivity index (χ3v) is 14.8. The monoisotopic (exact) mass is 682 g/mol.